The lowest BCUT2D eigenvalue weighted by atomic mass is 9.95. The first-order valence-electron chi connectivity index (χ1n) is 7.50. The fourth-order valence-electron chi connectivity index (χ4n) is 2.72. The van der Waals surface area contributed by atoms with E-state index in [1.165, 1.54) is 0 Å². The van der Waals surface area contributed by atoms with Gasteiger partial charge in [0.05, 0.1) is 12.0 Å². The van der Waals surface area contributed by atoms with E-state index in [-0.39, 0.29) is 17.9 Å². The molecule has 23 heavy (non-hydrogen) atoms. The second-order valence-electron chi connectivity index (χ2n) is 5.75. The van der Waals surface area contributed by atoms with Crippen molar-refractivity contribution in [1.82, 2.24) is 5.32 Å². The van der Waals surface area contributed by atoms with E-state index in [1.807, 2.05) is 43.3 Å². The molecule has 1 aliphatic rings. The van der Waals surface area contributed by atoms with Crippen LogP contribution in [-0.2, 0) is 11.2 Å². The van der Waals surface area contributed by atoms with Gasteiger partial charge < -0.3 is 10.1 Å². The zero-order chi connectivity index (χ0) is 16.4. The number of ether oxygens (including phenoxy) is 1. The summed E-state index contributed by atoms with van der Waals surface area (Å²) in [5.41, 5.74) is 1.95. The van der Waals surface area contributed by atoms with Crippen LogP contribution in [0.4, 0.5) is 0 Å². The molecule has 1 aliphatic heterocycles. The predicted molar refractivity (Wildman–Crippen MR) is 92.2 cm³/mol. The molecule has 0 unspecified atom stereocenters. The fraction of sp³-hybridized carbons (Fsp3) is 0.278. The molecule has 0 saturated heterocycles. The van der Waals surface area contributed by atoms with Gasteiger partial charge in [0.25, 0.3) is 0 Å². The van der Waals surface area contributed by atoms with Gasteiger partial charge in [-0.3, -0.25) is 4.79 Å². The quantitative estimate of drug-likeness (QED) is 0.890. The largest absolute Gasteiger partial charge is 0.492 e. The van der Waals surface area contributed by atoms with E-state index in [4.69, 9.17) is 27.9 Å². The number of amides is 1. The van der Waals surface area contributed by atoms with Crippen molar-refractivity contribution in [3.05, 3.63) is 63.6 Å². The van der Waals surface area contributed by atoms with Crippen LogP contribution < -0.4 is 10.1 Å². The molecule has 3 nitrogen and oxygen atoms in total. The van der Waals surface area contributed by atoms with Crippen molar-refractivity contribution in [3.63, 3.8) is 0 Å². The number of fused-ring (bicyclic) bond motifs is 1. The lowest BCUT2D eigenvalue weighted by Gasteiger charge is -2.26. The van der Waals surface area contributed by atoms with Crippen LogP contribution in [0.15, 0.2) is 42.5 Å². The topological polar surface area (TPSA) is 38.3 Å². The van der Waals surface area contributed by atoms with Crippen molar-refractivity contribution in [2.75, 3.05) is 6.61 Å². The minimum atomic E-state index is -0.220. The second kappa shape index (κ2) is 6.81. The van der Waals surface area contributed by atoms with Crippen LogP contribution in [0.3, 0.4) is 0 Å². The van der Waals surface area contributed by atoms with Gasteiger partial charge in [-0.25, -0.2) is 0 Å². The van der Waals surface area contributed by atoms with Crippen LogP contribution in [0.1, 0.15) is 24.1 Å². The molecule has 0 aliphatic carbocycles. The third-order valence-corrected chi connectivity index (χ3v) is 4.48. The number of benzene rings is 2. The SMILES string of the molecule is C[C@H](NC(=O)[C@@H]1COc2ccc(Cl)cc2C1)c1cccc(Cl)c1. The Labute approximate surface area is 145 Å². The average molecular weight is 350 g/mol. The highest BCUT2D eigenvalue weighted by atomic mass is 35.5. The highest BCUT2D eigenvalue weighted by molar-refractivity contribution is 6.30. The number of nitrogens with one attached hydrogen (secondary N) is 1. The zero-order valence-corrected chi connectivity index (χ0v) is 14.2. The molecule has 120 valence electrons. The molecule has 1 N–H and O–H groups in total. The van der Waals surface area contributed by atoms with E-state index in [2.05, 4.69) is 5.32 Å². The van der Waals surface area contributed by atoms with Crippen LogP contribution in [0.5, 0.6) is 5.75 Å². The first kappa shape index (κ1) is 16.2. The molecule has 0 radical (unpaired) electrons. The maximum atomic E-state index is 12.5. The Balaban J connectivity index is 1.67. The maximum absolute atomic E-state index is 12.5. The molecule has 1 heterocycles. The predicted octanol–water partition coefficient (Wildman–Crippen LogP) is 4.42. The first-order chi connectivity index (χ1) is 11.0. The van der Waals surface area contributed by atoms with Gasteiger partial charge in [-0.2, -0.15) is 0 Å². The first-order valence-corrected chi connectivity index (χ1v) is 8.25. The minimum absolute atomic E-state index is 0.0249. The van der Waals surface area contributed by atoms with Crippen LogP contribution in [0.2, 0.25) is 10.0 Å². The standard InChI is InChI=1S/C18H17Cl2NO2/c1-11(12-3-2-4-15(19)8-12)21-18(22)14-7-13-9-16(20)5-6-17(13)23-10-14/h2-6,8-9,11,14H,7,10H2,1H3,(H,21,22)/t11-,14-/m0/s1. The molecule has 0 spiro atoms. The number of rotatable bonds is 3. The molecule has 2 aromatic carbocycles. The van der Waals surface area contributed by atoms with Crippen LogP contribution in [0.25, 0.3) is 0 Å². The summed E-state index contributed by atoms with van der Waals surface area (Å²) in [6, 6.07) is 12.9. The Morgan fingerprint density at radius 2 is 2.00 bits per heavy atom. The van der Waals surface area contributed by atoms with Crippen LogP contribution >= 0.6 is 23.2 Å². The van der Waals surface area contributed by atoms with E-state index in [9.17, 15) is 4.79 Å². The van der Waals surface area contributed by atoms with E-state index in [1.54, 1.807) is 6.07 Å². The average Bonchev–Trinajstić information content (AvgIpc) is 2.54. The summed E-state index contributed by atoms with van der Waals surface area (Å²) in [7, 11) is 0. The minimum Gasteiger partial charge on any atom is -0.492 e. The van der Waals surface area contributed by atoms with Gasteiger partial charge in [-0.1, -0.05) is 35.3 Å². The number of carbonyl (C=O) groups excluding carboxylic acids is 1. The Morgan fingerprint density at radius 1 is 1.22 bits per heavy atom. The summed E-state index contributed by atoms with van der Waals surface area (Å²) in [4.78, 5) is 12.5. The summed E-state index contributed by atoms with van der Waals surface area (Å²) >= 11 is 12.0. The fourth-order valence-corrected chi connectivity index (χ4v) is 3.12. The van der Waals surface area contributed by atoms with E-state index in [0.29, 0.717) is 23.1 Å². The molecule has 0 fully saturated rings. The van der Waals surface area contributed by atoms with Gasteiger partial charge in [0.2, 0.25) is 5.91 Å². The van der Waals surface area contributed by atoms with Crippen molar-refractivity contribution in [3.8, 4) is 5.75 Å². The van der Waals surface area contributed by atoms with Gasteiger partial charge in [-0.05, 0) is 54.8 Å². The van der Waals surface area contributed by atoms with Crippen LogP contribution in [-0.4, -0.2) is 12.5 Å². The van der Waals surface area contributed by atoms with E-state index < -0.39 is 0 Å². The third-order valence-electron chi connectivity index (χ3n) is 4.01. The van der Waals surface area contributed by atoms with Gasteiger partial charge in [0.1, 0.15) is 12.4 Å². The summed E-state index contributed by atoms with van der Waals surface area (Å²) in [6.07, 6.45) is 0.629. The third kappa shape index (κ3) is 3.80. The molecule has 0 bridgehead atoms. The van der Waals surface area contributed by atoms with E-state index in [0.717, 1.165) is 16.9 Å². The Bertz CT molecular complexity index is 733. The second-order valence-corrected chi connectivity index (χ2v) is 6.62. The summed E-state index contributed by atoms with van der Waals surface area (Å²) in [5.74, 6) is 0.562. The number of hydrogen-bond acceptors (Lipinski definition) is 2. The molecule has 2 aromatic rings. The zero-order valence-electron chi connectivity index (χ0n) is 12.7. The van der Waals surface area contributed by atoms with Gasteiger partial charge in [-0.15, -0.1) is 0 Å². The smallest absolute Gasteiger partial charge is 0.227 e. The molecular formula is C18H17Cl2NO2. The van der Waals surface area contributed by atoms with Gasteiger partial charge >= 0.3 is 0 Å². The van der Waals surface area contributed by atoms with Crippen molar-refractivity contribution in [2.24, 2.45) is 5.92 Å². The molecule has 0 saturated carbocycles. The Kier molecular flexibility index (Phi) is 4.79. The molecule has 0 aromatic heterocycles. The van der Waals surface area contributed by atoms with Crippen molar-refractivity contribution < 1.29 is 9.53 Å². The van der Waals surface area contributed by atoms with Crippen molar-refractivity contribution in [1.29, 1.82) is 0 Å². The molecular weight excluding hydrogens is 333 g/mol. The molecule has 3 rings (SSSR count). The lowest BCUT2D eigenvalue weighted by molar-refractivity contribution is -0.126. The summed E-state index contributed by atoms with van der Waals surface area (Å²) in [5, 5.41) is 4.34. The number of carbonyl (C=O) groups is 1. The summed E-state index contributed by atoms with van der Waals surface area (Å²) < 4.78 is 5.68. The van der Waals surface area contributed by atoms with Gasteiger partial charge in [0, 0.05) is 10.0 Å². The van der Waals surface area contributed by atoms with E-state index >= 15 is 0 Å². The molecule has 1 amide bonds. The Morgan fingerprint density at radius 3 is 2.78 bits per heavy atom. The van der Waals surface area contributed by atoms with Crippen molar-refractivity contribution in [2.45, 2.75) is 19.4 Å². The number of hydrogen-bond donors (Lipinski definition) is 1. The normalized spacial score (nSPS) is 17.8. The maximum Gasteiger partial charge on any atom is 0.227 e. The Hall–Kier alpha value is -1.71. The highest BCUT2D eigenvalue weighted by Crippen LogP contribution is 2.30. The monoisotopic (exact) mass is 349 g/mol. The lowest BCUT2D eigenvalue weighted by Crippen LogP contribution is -2.38. The van der Waals surface area contributed by atoms with Crippen LogP contribution in [0, 0.1) is 5.92 Å². The molecule has 5 heteroatoms. The summed E-state index contributed by atoms with van der Waals surface area (Å²) in [6.45, 7) is 2.32. The van der Waals surface area contributed by atoms with Gasteiger partial charge in [0.15, 0.2) is 0 Å². The highest BCUT2D eigenvalue weighted by Gasteiger charge is 2.27. The number of halogens is 2. The molecule has 2 atom stereocenters. The van der Waals surface area contributed by atoms with Crippen molar-refractivity contribution >= 4 is 29.1 Å².